The molecular formula is C31H38O3. The van der Waals surface area contributed by atoms with Crippen molar-refractivity contribution in [2.75, 3.05) is 0 Å². The zero-order chi connectivity index (χ0) is 25.9. The van der Waals surface area contributed by atoms with Gasteiger partial charge < -0.3 is 5.11 Å². The molecule has 1 aliphatic rings. The number of allylic oxidation sites excluding steroid dienone is 15. The van der Waals surface area contributed by atoms with Gasteiger partial charge in [0.1, 0.15) is 6.10 Å². The lowest BCUT2D eigenvalue weighted by atomic mass is 9.71. The average molecular weight is 459 g/mol. The average Bonchev–Trinajstić information content (AvgIpc) is 2.74. The lowest BCUT2D eigenvalue weighted by Gasteiger charge is -2.33. The van der Waals surface area contributed by atoms with Crippen LogP contribution in [0.5, 0.6) is 0 Å². The van der Waals surface area contributed by atoms with Crippen LogP contribution < -0.4 is 0 Å². The summed E-state index contributed by atoms with van der Waals surface area (Å²) in [4.78, 5) is 23.3. The van der Waals surface area contributed by atoms with E-state index in [1.54, 1.807) is 20.8 Å². The summed E-state index contributed by atoms with van der Waals surface area (Å²) < 4.78 is 0. The maximum absolute atomic E-state index is 12.1. The van der Waals surface area contributed by atoms with Crippen LogP contribution in [0.15, 0.2) is 94.2 Å². The van der Waals surface area contributed by atoms with Crippen molar-refractivity contribution < 1.29 is 14.7 Å². The third-order valence-electron chi connectivity index (χ3n) is 5.61. The second kappa shape index (κ2) is 13.5. The molecular weight excluding hydrogens is 420 g/mol. The fraction of sp³-hybridized carbons (Fsp3) is 0.355. The SMILES string of the molecule is CC(=O)/C(C)=C/C=C/C(C)=C/C=C/C=C(C)/C=C/C=C(/C)C#CC1=C(C)C(=O)[C@@H](O)CC1(C)C. The number of Topliss-reactive ketones (excluding diaryl/α,β-unsaturated/α-hetero) is 2. The third-order valence-corrected chi connectivity index (χ3v) is 5.61. The first-order valence-electron chi connectivity index (χ1n) is 11.5. The number of ketones is 2. The van der Waals surface area contributed by atoms with Crippen LogP contribution in [0.1, 0.15) is 61.8 Å². The molecule has 0 spiro atoms. The molecule has 0 aromatic rings. The van der Waals surface area contributed by atoms with Crippen molar-refractivity contribution in [2.24, 2.45) is 5.41 Å². The van der Waals surface area contributed by atoms with Gasteiger partial charge in [-0.2, -0.15) is 0 Å². The van der Waals surface area contributed by atoms with E-state index < -0.39 is 6.10 Å². The van der Waals surface area contributed by atoms with E-state index in [9.17, 15) is 14.7 Å². The minimum absolute atomic E-state index is 0.0785. The molecule has 0 bridgehead atoms. The highest BCUT2D eigenvalue weighted by Crippen LogP contribution is 2.38. The predicted octanol–water partition coefficient (Wildman–Crippen LogP) is 6.71. The minimum atomic E-state index is -0.932. The quantitative estimate of drug-likeness (QED) is 0.262. The van der Waals surface area contributed by atoms with E-state index >= 15 is 0 Å². The van der Waals surface area contributed by atoms with Gasteiger partial charge in [-0.1, -0.05) is 97.6 Å². The molecule has 1 N–H and O–H groups in total. The monoisotopic (exact) mass is 458 g/mol. The van der Waals surface area contributed by atoms with Crippen LogP contribution in [-0.2, 0) is 9.59 Å². The summed E-state index contributed by atoms with van der Waals surface area (Å²) in [6.07, 6.45) is 19.0. The van der Waals surface area contributed by atoms with Crippen molar-refractivity contribution in [1.29, 1.82) is 0 Å². The van der Waals surface area contributed by atoms with E-state index in [4.69, 9.17) is 0 Å². The van der Waals surface area contributed by atoms with Gasteiger partial charge in [0.2, 0.25) is 0 Å². The normalized spacial score (nSPS) is 20.5. The minimum Gasteiger partial charge on any atom is -0.385 e. The van der Waals surface area contributed by atoms with Crippen LogP contribution in [0.4, 0.5) is 0 Å². The molecule has 34 heavy (non-hydrogen) atoms. The Hall–Kier alpha value is -3.22. The number of hydrogen-bond donors (Lipinski definition) is 1. The van der Waals surface area contributed by atoms with E-state index in [0.29, 0.717) is 12.0 Å². The van der Waals surface area contributed by atoms with Crippen molar-refractivity contribution in [1.82, 2.24) is 0 Å². The number of carbonyl (C=O) groups is 2. The zero-order valence-electron chi connectivity index (χ0n) is 21.8. The maximum Gasteiger partial charge on any atom is 0.187 e. The molecule has 0 radical (unpaired) electrons. The number of hydrogen-bond acceptors (Lipinski definition) is 3. The van der Waals surface area contributed by atoms with Crippen molar-refractivity contribution in [3.8, 4) is 11.8 Å². The van der Waals surface area contributed by atoms with Gasteiger partial charge in [-0.05, 0) is 59.1 Å². The highest BCUT2D eigenvalue weighted by Gasteiger charge is 2.37. The molecule has 0 saturated heterocycles. The standard InChI is InChI=1S/C31H38O3/c1-22(13-9-10-14-23(2)17-12-18-25(4)27(6)32)15-11-16-24(3)19-20-28-26(5)30(34)29(33)21-31(28,7)8/h9-18,29,33H,21H2,1-8H3/b10-9+,15-11+,17-12+,22-13+,23-14+,24-16-,25-18+/t29-/m0/s1. The predicted molar refractivity (Wildman–Crippen MR) is 143 cm³/mol. The van der Waals surface area contributed by atoms with E-state index in [-0.39, 0.29) is 17.0 Å². The van der Waals surface area contributed by atoms with Crippen molar-refractivity contribution >= 4 is 11.6 Å². The zero-order valence-corrected chi connectivity index (χ0v) is 21.8. The molecule has 0 saturated carbocycles. The summed E-state index contributed by atoms with van der Waals surface area (Å²) in [6, 6.07) is 0. The van der Waals surface area contributed by atoms with Crippen LogP contribution in [0.25, 0.3) is 0 Å². The van der Waals surface area contributed by atoms with Crippen LogP contribution in [0.2, 0.25) is 0 Å². The molecule has 3 heteroatoms. The van der Waals surface area contributed by atoms with Gasteiger partial charge >= 0.3 is 0 Å². The van der Waals surface area contributed by atoms with Crippen LogP contribution >= 0.6 is 0 Å². The lowest BCUT2D eigenvalue weighted by Crippen LogP contribution is -2.35. The van der Waals surface area contributed by atoms with E-state index in [1.165, 1.54) is 0 Å². The molecule has 1 rings (SSSR count). The molecule has 0 aromatic carbocycles. The molecule has 0 heterocycles. The Morgan fingerprint density at radius 2 is 1.44 bits per heavy atom. The molecule has 180 valence electrons. The summed E-state index contributed by atoms with van der Waals surface area (Å²) in [6.45, 7) is 15.1. The lowest BCUT2D eigenvalue weighted by molar-refractivity contribution is -0.125. The number of aliphatic hydroxyl groups is 1. The van der Waals surface area contributed by atoms with Crippen molar-refractivity contribution in [3.05, 3.63) is 94.2 Å². The Labute approximate surface area is 205 Å². The van der Waals surface area contributed by atoms with E-state index in [0.717, 1.165) is 27.9 Å². The molecule has 0 unspecified atom stereocenters. The van der Waals surface area contributed by atoms with Crippen LogP contribution in [0.3, 0.4) is 0 Å². The van der Waals surface area contributed by atoms with Gasteiger partial charge in [0, 0.05) is 16.6 Å². The first-order valence-corrected chi connectivity index (χ1v) is 11.5. The molecule has 0 aromatic heterocycles. The summed E-state index contributed by atoms with van der Waals surface area (Å²) in [5.41, 5.74) is 4.87. The molecule has 3 nitrogen and oxygen atoms in total. The summed E-state index contributed by atoms with van der Waals surface area (Å²) in [5.74, 6) is 6.16. The Balaban J connectivity index is 2.78. The highest BCUT2D eigenvalue weighted by molar-refractivity contribution is 6.00. The van der Waals surface area contributed by atoms with Crippen molar-refractivity contribution in [3.63, 3.8) is 0 Å². The van der Waals surface area contributed by atoms with Gasteiger partial charge in [-0.25, -0.2) is 0 Å². The first-order chi connectivity index (χ1) is 15.8. The first kappa shape index (κ1) is 28.8. The van der Waals surface area contributed by atoms with E-state index in [1.807, 2.05) is 95.4 Å². The largest absolute Gasteiger partial charge is 0.385 e. The number of rotatable bonds is 7. The maximum atomic E-state index is 12.1. The Kier molecular flexibility index (Phi) is 11.4. The van der Waals surface area contributed by atoms with Crippen molar-refractivity contribution in [2.45, 2.75) is 67.9 Å². The molecule has 1 aliphatic carbocycles. The fourth-order valence-electron chi connectivity index (χ4n) is 3.36. The van der Waals surface area contributed by atoms with Crippen LogP contribution in [0, 0.1) is 17.3 Å². The third kappa shape index (κ3) is 9.73. The van der Waals surface area contributed by atoms with E-state index in [2.05, 4.69) is 11.8 Å². The smallest absolute Gasteiger partial charge is 0.187 e. The van der Waals surface area contributed by atoms with Gasteiger partial charge in [0.15, 0.2) is 11.6 Å². The van der Waals surface area contributed by atoms with Gasteiger partial charge in [-0.3, -0.25) is 9.59 Å². The number of carbonyl (C=O) groups excluding carboxylic acids is 2. The topological polar surface area (TPSA) is 54.4 Å². The molecule has 0 aliphatic heterocycles. The molecule has 0 amide bonds. The second-order valence-corrected chi connectivity index (χ2v) is 9.40. The van der Waals surface area contributed by atoms with Gasteiger partial charge in [-0.15, -0.1) is 0 Å². The molecule has 0 fully saturated rings. The van der Waals surface area contributed by atoms with Crippen LogP contribution in [-0.4, -0.2) is 22.8 Å². The molecule has 1 atom stereocenters. The van der Waals surface area contributed by atoms with Gasteiger partial charge in [0.05, 0.1) is 0 Å². The second-order valence-electron chi connectivity index (χ2n) is 9.40. The summed E-state index contributed by atoms with van der Waals surface area (Å²) in [5, 5.41) is 9.94. The Morgan fingerprint density at radius 3 is 1.97 bits per heavy atom. The Morgan fingerprint density at radius 1 is 0.912 bits per heavy atom. The fourth-order valence-corrected chi connectivity index (χ4v) is 3.36. The highest BCUT2D eigenvalue weighted by atomic mass is 16.3. The number of aliphatic hydroxyl groups excluding tert-OH is 1. The summed E-state index contributed by atoms with van der Waals surface area (Å²) >= 11 is 0. The Bertz CT molecular complexity index is 1100. The van der Waals surface area contributed by atoms with Gasteiger partial charge in [0.25, 0.3) is 0 Å². The summed E-state index contributed by atoms with van der Waals surface area (Å²) in [7, 11) is 0.